The van der Waals surface area contributed by atoms with E-state index >= 15 is 0 Å². The molecule has 0 bridgehead atoms. The second-order valence-electron chi connectivity index (χ2n) is 10.6. The molecule has 1 heterocycles. The predicted molar refractivity (Wildman–Crippen MR) is 122 cm³/mol. The molecule has 0 radical (unpaired) electrons. The Morgan fingerprint density at radius 1 is 1.18 bits per heavy atom. The van der Waals surface area contributed by atoms with Gasteiger partial charge >= 0.3 is 18.1 Å². The van der Waals surface area contributed by atoms with Crippen molar-refractivity contribution in [1.29, 1.82) is 0 Å². The lowest BCUT2D eigenvalue weighted by Gasteiger charge is -2.44. The van der Waals surface area contributed by atoms with Crippen LogP contribution in [-0.2, 0) is 23.8 Å². The molecular weight excluding hydrogens is 424 g/mol. The highest BCUT2D eigenvalue weighted by Gasteiger charge is 2.43. The summed E-state index contributed by atoms with van der Waals surface area (Å²) in [6.45, 7) is 10.2. The number of carbonyl (C=O) groups is 3. The van der Waals surface area contributed by atoms with Crippen LogP contribution in [0.25, 0.3) is 0 Å². The summed E-state index contributed by atoms with van der Waals surface area (Å²) in [5.74, 6) is 0.366. The van der Waals surface area contributed by atoms with Crippen LogP contribution in [0.1, 0.15) is 73.1 Å². The number of rotatable bonds is 7. The van der Waals surface area contributed by atoms with Gasteiger partial charge in [-0.05, 0) is 62.9 Å². The molecule has 0 spiro atoms. The monoisotopic (exact) mass is 462 g/mol. The van der Waals surface area contributed by atoms with E-state index in [0.29, 0.717) is 25.2 Å². The molecule has 0 aromatic heterocycles. The first-order valence-electron chi connectivity index (χ1n) is 12.2. The highest BCUT2D eigenvalue weighted by Crippen LogP contribution is 2.45. The third-order valence-corrected chi connectivity index (χ3v) is 7.60. The van der Waals surface area contributed by atoms with Crippen molar-refractivity contribution in [2.45, 2.75) is 91.5 Å². The van der Waals surface area contributed by atoms with E-state index in [9.17, 15) is 14.4 Å². The molecule has 1 N–H and O–H groups in total. The summed E-state index contributed by atoms with van der Waals surface area (Å²) in [4.78, 5) is 35.8. The van der Waals surface area contributed by atoms with E-state index in [1.165, 1.54) is 5.57 Å². The molecule has 7 heteroatoms. The van der Waals surface area contributed by atoms with Gasteiger partial charge in [-0.15, -0.1) is 0 Å². The number of esters is 2. The normalized spacial score (nSPS) is 34.0. The quantitative estimate of drug-likeness (QED) is 0.405. The van der Waals surface area contributed by atoms with Gasteiger partial charge in [0.1, 0.15) is 18.3 Å². The molecule has 0 amide bonds. The zero-order valence-electron chi connectivity index (χ0n) is 20.4. The van der Waals surface area contributed by atoms with Crippen LogP contribution in [0.15, 0.2) is 23.8 Å². The van der Waals surface area contributed by atoms with E-state index in [4.69, 9.17) is 19.3 Å². The van der Waals surface area contributed by atoms with Gasteiger partial charge < -0.3 is 19.3 Å². The minimum Gasteiger partial charge on any atom is -0.462 e. The van der Waals surface area contributed by atoms with Crippen molar-refractivity contribution in [3.63, 3.8) is 0 Å². The first-order chi connectivity index (χ1) is 15.5. The fourth-order valence-electron chi connectivity index (χ4n) is 5.29. The van der Waals surface area contributed by atoms with Crippen LogP contribution >= 0.6 is 0 Å². The van der Waals surface area contributed by atoms with Gasteiger partial charge in [-0.25, -0.2) is 4.79 Å². The Labute approximate surface area is 196 Å². The number of carbonyl (C=O) groups excluding carboxylic acids is 2. The molecule has 33 heavy (non-hydrogen) atoms. The fraction of sp³-hybridized carbons (Fsp3) is 0.731. The van der Waals surface area contributed by atoms with E-state index < -0.39 is 23.6 Å². The van der Waals surface area contributed by atoms with Crippen LogP contribution < -0.4 is 0 Å². The zero-order valence-corrected chi connectivity index (χ0v) is 20.4. The topological polar surface area (TPSA) is 99.1 Å². The molecule has 1 fully saturated rings. The Balaban J connectivity index is 1.74. The maximum atomic E-state index is 12.9. The number of cyclic esters (lactones) is 1. The lowest BCUT2D eigenvalue weighted by atomic mass is 9.65. The average Bonchev–Trinajstić information content (AvgIpc) is 2.72. The highest BCUT2D eigenvalue weighted by atomic mass is 16.7. The number of ether oxygens (including phenoxy) is 3. The molecule has 1 saturated heterocycles. The van der Waals surface area contributed by atoms with Crippen molar-refractivity contribution in [2.24, 2.45) is 29.1 Å². The zero-order chi connectivity index (χ0) is 24.3. The molecule has 3 rings (SSSR count). The summed E-state index contributed by atoms with van der Waals surface area (Å²) in [6, 6.07) is 0. The Morgan fingerprint density at radius 3 is 2.58 bits per heavy atom. The number of hydrogen-bond acceptors (Lipinski definition) is 6. The number of hydrogen-bond donors (Lipinski definition) is 1. The fourth-order valence-corrected chi connectivity index (χ4v) is 5.29. The standard InChI is InChI=1S/C26H38O7/c1-6-26(4,5)24(28)33-21-12-15(2)11-17-8-7-16(3)20(23(17)21)10-9-18-13-19(32-25(29)30)14-22(27)31-18/h7-8,11,15-16,18-21,23H,6,9-10,12-14H2,1-5H3,(H,29,30)/t15-,16-,18-,19+,20-,21-,23-/m1/s1. The van der Waals surface area contributed by atoms with E-state index in [1.54, 1.807) is 0 Å². The number of allylic oxidation sites excluding steroid dienone is 3. The first-order valence-corrected chi connectivity index (χ1v) is 12.2. The maximum Gasteiger partial charge on any atom is 0.506 e. The largest absolute Gasteiger partial charge is 0.506 e. The summed E-state index contributed by atoms with van der Waals surface area (Å²) in [5, 5.41) is 8.90. The maximum absolute atomic E-state index is 12.9. The minimum atomic E-state index is -1.37. The van der Waals surface area contributed by atoms with E-state index in [1.807, 2.05) is 20.8 Å². The first kappa shape index (κ1) is 25.3. The lowest BCUT2D eigenvalue weighted by Crippen LogP contribution is -2.43. The summed E-state index contributed by atoms with van der Waals surface area (Å²) >= 11 is 0. The third-order valence-electron chi connectivity index (χ3n) is 7.60. The SMILES string of the molecule is CCC(C)(C)C(=O)O[C@@H]1C[C@H](C)C=C2C=C[C@@H](C)[C@@H](CC[C@@H]3C[C@H](OC(=O)O)CC(=O)O3)[C@@H]21. The van der Waals surface area contributed by atoms with Crippen molar-refractivity contribution in [3.8, 4) is 0 Å². The van der Waals surface area contributed by atoms with Crippen molar-refractivity contribution in [3.05, 3.63) is 23.8 Å². The summed E-state index contributed by atoms with van der Waals surface area (Å²) in [7, 11) is 0. The molecule has 0 unspecified atom stereocenters. The molecule has 2 aliphatic carbocycles. The Morgan fingerprint density at radius 2 is 1.91 bits per heavy atom. The smallest absolute Gasteiger partial charge is 0.462 e. The van der Waals surface area contributed by atoms with E-state index in [2.05, 4.69) is 32.1 Å². The second-order valence-corrected chi connectivity index (χ2v) is 10.6. The molecule has 7 nitrogen and oxygen atoms in total. The van der Waals surface area contributed by atoms with Crippen molar-refractivity contribution in [2.75, 3.05) is 0 Å². The number of fused-ring (bicyclic) bond motifs is 1. The van der Waals surface area contributed by atoms with E-state index in [-0.39, 0.29) is 42.4 Å². The van der Waals surface area contributed by atoms with Crippen LogP contribution in [0.2, 0.25) is 0 Å². The van der Waals surface area contributed by atoms with Gasteiger partial charge in [-0.1, -0.05) is 39.0 Å². The third kappa shape index (κ3) is 6.18. The summed E-state index contributed by atoms with van der Waals surface area (Å²) in [5.41, 5.74) is 0.697. The molecule has 3 aliphatic rings. The van der Waals surface area contributed by atoms with Crippen molar-refractivity contribution < 1.29 is 33.7 Å². The van der Waals surface area contributed by atoms with Gasteiger partial charge in [-0.3, -0.25) is 9.59 Å². The van der Waals surface area contributed by atoms with Crippen LogP contribution in [0.4, 0.5) is 4.79 Å². The molecule has 0 aromatic rings. The van der Waals surface area contributed by atoms with Gasteiger partial charge in [0.25, 0.3) is 0 Å². The lowest BCUT2D eigenvalue weighted by molar-refractivity contribution is -0.166. The second kappa shape index (κ2) is 10.3. The van der Waals surface area contributed by atoms with E-state index in [0.717, 1.165) is 12.8 Å². The van der Waals surface area contributed by atoms with Crippen LogP contribution in [0, 0.1) is 29.1 Å². The molecule has 184 valence electrons. The van der Waals surface area contributed by atoms with Crippen LogP contribution in [0.5, 0.6) is 0 Å². The van der Waals surface area contributed by atoms with Crippen molar-refractivity contribution >= 4 is 18.1 Å². The summed E-state index contributed by atoms with van der Waals surface area (Å²) in [6.07, 6.45) is 7.33. The highest BCUT2D eigenvalue weighted by molar-refractivity contribution is 5.76. The molecule has 7 atom stereocenters. The molecule has 0 aromatic carbocycles. The van der Waals surface area contributed by atoms with Crippen LogP contribution in [0.3, 0.4) is 0 Å². The predicted octanol–water partition coefficient (Wildman–Crippen LogP) is 5.29. The van der Waals surface area contributed by atoms with Gasteiger partial charge in [0, 0.05) is 12.3 Å². The van der Waals surface area contributed by atoms with Crippen molar-refractivity contribution in [1.82, 2.24) is 0 Å². The van der Waals surface area contributed by atoms with Crippen LogP contribution in [-0.4, -0.2) is 41.5 Å². The Bertz CT molecular complexity index is 809. The number of carboxylic acid groups (broad SMARTS) is 1. The molecule has 0 saturated carbocycles. The Hall–Kier alpha value is -2.31. The molecular formula is C26H38O7. The van der Waals surface area contributed by atoms with Gasteiger partial charge in [0.15, 0.2) is 0 Å². The molecule has 1 aliphatic heterocycles. The van der Waals surface area contributed by atoms with Gasteiger partial charge in [0.2, 0.25) is 0 Å². The minimum absolute atomic E-state index is 0.0377. The van der Waals surface area contributed by atoms with Gasteiger partial charge in [0.05, 0.1) is 11.8 Å². The summed E-state index contributed by atoms with van der Waals surface area (Å²) < 4.78 is 16.5. The Kier molecular flexibility index (Phi) is 7.91. The average molecular weight is 463 g/mol. The van der Waals surface area contributed by atoms with Gasteiger partial charge in [-0.2, -0.15) is 0 Å².